The Labute approximate surface area is 254 Å². The molecule has 3 nitrogen and oxygen atoms in total. The number of aliphatic hydroxyl groups excluding tert-OH is 2. The summed E-state index contributed by atoms with van der Waals surface area (Å²) >= 11 is 10.1. The third kappa shape index (κ3) is 25.2. The Bertz CT molecular complexity index is 505. The summed E-state index contributed by atoms with van der Waals surface area (Å²) < 4.78 is 6.08. The van der Waals surface area contributed by atoms with Crippen LogP contribution in [0.25, 0.3) is 0 Å². The lowest BCUT2D eigenvalue weighted by atomic mass is 9.88. The van der Waals surface area contributed by atoms with Crippen molar-refractivity contribution >= 4 is 34.5 Å². The first-order chi connectivity index (χ1) is 18.9. The quantitative estimate of drug-likeness (QED) is 0.0647. The van der Waals surface area contributed by atoms with Gasteiger partial charge in [-0.3, -0.25) is 0 Å². The molecule has 39 heavy (non-hydrogen) atoms. The minimum Gasteiger partial charge on any atom is -0.502 e. The highest BCUT2D eigenvalue weighted by Gasteiger charge is 2.16. The molecule has 0 amide bonds. The molecule has 0 rings (SSSR count). The van der Waals surface area contributed by atoms with E-state index in [2.05, 4.69) is 27.7 Å². The second-order valence-corrected chi connectivity index (χ2v) is 13.2. The van der Waals surface area contributed by atoms with Crippen LogP contribution in [-0.4, -0.2) is 33.5 Å². The third-order valence-corrected chi connectivity index (χ3v) is 8.91. The lowest BCUT2D eigenvalue weighted by Gasteiger charge is -2.21. The highest BCUT2D eigenvalue weighted by atomic mass is 32.1. The van der Waals surface area contributed by atoms with Crippen LogP contribution in [0.1, 0.15) is 169 Å². The molecule has 0 aliphatic rings. The van der Waals surface area contributed by atoms with Crippen LogP contribution < -0.4 is 0 Å². The number of hydrogen-bond donors (Lipinski definition) is 2. The van der Waals surface area contributed by atoms with Crippen molar-refractivity contribution in [2.75, 3.05) is 13.2 Å². The van der Waals surface area contributed by atoms with E-state index in [1.165, 1.54) is 103 Å². The molecular formula is C34H66O3S2. The lowest BCUT2D eigenvalue weighted by Crippen LogP contribution is -2.14. The van der Waals surface area contributed by atoms with Crippen molar-refractivity contribution in [1.82, 2.24) is 0 Å². The number of aliphatic hydroxyl groups is 2. The van der Waals surface area contributed by atoms with E-state index in [1.54, 1.807) is 0 Å². The van der Waals surface area contributed by atoms with Crippen LogP contribution in [0.2, 0.25) is 0 Å². The van der Waals surface area contributed by atoms with Crippen molar-refractivity contribution in [2.24, 2.45) is 23.7 Å². The molecule has 0 saturated heterocycles. The van der Waals surface area contributed by atoms with Gasteiger partial charge in [0, 0.05) is 26.1 Å². The van der Waals surface area contributed by atoms with Gasteiger partial charge in [-0.25, -0.2) is 0 Å². The SMILES string of the molecule is CCCCC(CCCC)CCCC(CCOCCC(CCCC(CCCC)CCCC)CC(O)=S)CC(O)=S. The number of hydrogen-bond acceptors (Lipinski definition) is 3. The van der Waals surface area contributed by atoms with E-state index in [1.807, 2.05) is 0 Å². The van der Waals surface area contributed by atoms with Crippen molar-refractivity contribution in [3.05, 3.63) is 0 Å². The van der Waals surface area contributed by atoms with E-state index in [9.17, 15) is 10.2 Å². The van der Waals surface area contributed by atoms with Crippen LogP contribution in [-0.2, 0) is 4.74 Å². The standard InChI is InChI=1S/C34H66O3S2/c1-5-9-15-29(16-10-6-2)19-13-21-31(27-33(35)38)23-25-37-26-24-32(28-34(36)39)22-14-20-30(17-11-7-3)18-12-8-4/h29-32H,5-28H2,1-4H3,(H,35,38)(H,36,39). The zero-order valence-electron chi connectivity index (χ0n) is 26.4. The largest absolute Gasteiger partial charge is 0.502 e. The summed E-state index contributed by atoms with van der Waals surface area (Å²) in [7, 11) is 0. The summed E-state index contributed by atoms with van der Waals surface area (Å²) in [6.07, 6.45) is 26.4. The second-order valence-electron chi connectivity index (χ2n) is 12.3. The van der Waals surface area contributed by atoms with E-state index >= 15 is 0 Å². The summed E-state index contributed by atoms with van der Waals surface area (Å²) in [6.45, 7) is 10.6. The summed E-state index contributed by atoms with van der Waals surface area (Å²) in [5, 5.41) is 19.9. The maximum absolute atomic E-state index is 9.79. The Hall–Kier alpha value is -0.260. The second kappa shape index (κ2) is 27.9. The van der Waals surface area contributed by atoms with Crippen molar-refractivity contribution in [1.29, 1.82) is 0 Å². The Morgan fingerprint density at radius 1 is 0.462 bits per heavy atom. The molecule has 0 radical (unpaired) electrons. The molecule has 0 aromatic heterocycles. The predicted octanol–water partition coefficient (Wildman–Crippen LogP) is 11.9. The zero-order valence-corrected chi connectivity index (χ0v) is 28.0. The van der Waals surface area contributed by atoms with Crippen LogP contribution >= 0.6 is 24.4 Å². The molecular weight excluding hydrogens is 521 g/mol. The Morgan fingerprint density at radius 3 is 1.03 bits per heavy atom. The van der Waals surface area contributed by atoms with Crippen molar-refractivity contribution in [2.45, 2.75) is 169 Å². The van der Waals surface area contributed by atoms with E-state index in [0.717, 1.165) is 50.7 Å². The van der Waals surface area contributed by atoms with Gasteiger partial charge in [0.05, 0.1) is 0 Å². The lowest BCUT2D eigenvalue weighted by molar-refractivity contribution is 0.105. The summed E-state index contributed by atoms with van der Waals surface area (Å²) in [6, 6.07) is 0. The van der Waals surface area contributed by atoms with Gasteiger partial charge in [0.25, 0.3) is 0 Å². The Balaban J connectivity index is 4.49. The van der Waals surface area contributed by atoms with Gasteiger partial charge in [0.1, 0.15) is 0 Å². The van der Waals surface area contributed by atoms with Crippen molar-refractivity contribution in [3.8, 4) is 0 Å². The van der Waals surface area contributed by atoms with E-state index in [0.29, 0.717) is 24.7 Å². The smallest absolute Gasteiger partial charge is 0.156 e. The maximum Gasteiger partial charge on any atom is 0.156 e. The molecule has 0 aromatic rings. The maximum atomic E-state index is 9.79. The fourth-order valence-corrected chi connectivity index (χ4v) is 6.49. The van der Waals surface area contributed by atoms with Gasteiger partial charge in [-0.2, -0.15) is 0 Å². The summed E-state index contributed by atoms with van der Waals surface area (Å²) in [4.78, 5) is 0. The Kier molecular flexibility index (Phi) is 27.7. The summed E-state index contributed by atoms with van der Waals surface area (Å²) in [5.41, 5.74) is 0. The first-order valence-electron chi connectivity index (χ1n) is 16.9. The van der Waals surface area contributed by atoms with Gasteiger partial charge >= 0.3 is 0 Å². The van der Waals surface area contributed by atoms with Crippen molar-refractivity contribution in [3.63, 3.8) is 0 Å². The molecule has 0 saturated carbocycles. The zero-order chi connectivity index (χ0) is 29.1. The first-order valence-corrected chi connectivity index (χ1v) is 17.7. The molecule has 2 atom stereocenters. The number of rotatable bonds is 30. The highest BCUT2D eigenvalue weighted by molar-refractivity contribution is 7.80. The fourth-order valence-electron chi connectivity index (χ4n) is 6.02. The molecule has 2 unspecified atom stereocenters. The van der Waals surface area contributed by atoms with E-state index in [-0.39, 0.29) is 10.1 Å². The monoisotopic (exact) mass is 586 g/mol. The van der Waals surface area contributed by atoms with Crippen LogP contribution in [0.4, 0.5) is 0 Å². The van der Waals surface area contributed by atoms with Crippen LogP contribution in [0.5, 0.6) is 0 Å². The minimum absolute atomic E-state index is 0.140. The number of thiocarbonyl (C=S) groups is 2. The predicted molar refractivity (Wildman–Crippen MR) is 180 cm³/mol. The van der Waals surface area contributed by atoms with Crippen LogP contribution in [0.15, 0.2) is 0 Å². The van der Waals surface area contributed by atoms with Gasteiger partial charge in [0.15, 0.2) is 10.1 Å². The van der Waals surface area contributed by atoms with E-state index < -0.39 is 0 Å². The first kappa shape index (κ1) is 38.7. The Morgan fingerprint density at radius 2 is 0.744 bits per heavy atom. The molecule has 0 spiro atoms. The number of ether oxygens (including phenoxy) is 1. The normalized spacial score (nSPS) is 13.3. The molecule has 0 fully saturated rings. The molecule has 0 aliphatic heterocycles. The van der Waals surface area contributed by atoms with E-state index in [4.69, 9.17) is 29.2 Å². The van der Waals surface area contributed by atoms with Crippen LogP contribution in [0, 0.1) is 23.7 Å². The minimum atomic E-state index is 0.140. The topological polar surface area (TPSA) is 49.7 Å². The van der Waals surface area contributed by atoms with Gasteiger partial charge in [-0.05, 0) is 73.8 Å². The average molecular weight is 587 g/mol. The molecule has 0 aliphatic carbocycles. The molecule has 5 heteroatoms. The molecule has 0 aromatic carbocycles. The highest BCUT2D eigenvalue weighted by Crippen LogP contribution is 2.27. The summed E-state index contributed by atoms with van der Waals surface area (Å²) in [5.74, 6) is 2.52. The number of unbranched alkanes of at least 4 members (excludes halogenated alkanes) is 4. The molecule has 0 bridgehead atoms. The van der Waals surface area contributed by atoms with Crippen LogP contribution in [0.3, 0.4) is 0 Å². The molecule has 232 valence electrons. The molecule has 0 heterocycles. The third-order valence-electron chi connectivity index (χ3n) is 8.58. The van der Waals surface area contributed by atoms with Gasteiger partial charge in [-0.15, -0.1) is 0 Å². The van der Waals surface area contributed by atoms with Gasteiger partial charge in [0.2, 0.25) is 0 Å². The van der Waals surface area contributed by atoms with Crippen molar-refractivity contribution < 1.29 is 14.9 Å². The fraction of sp³-hybridized carbons (Fsp3) is 0.941. The van der Waals surface area contributed by atoms with Gasteiger partial charge in [-0.1, -0.05) is 130 Å². The molecule has 2 N–H and O–H groups in total. The van der Waals surface area contributed by atoms with Gasteiger partial charge < -0.3 is 14.9 Å². The average Bonchev–Trinajstić information content (AvgIpc) is 2.89.